The molecule has 1 fully saturated rings. The van der Waals surface area contributed by atoms with Crippen LogP contribution in [0.2, 0.25) is 0 Å². The summed E-state index contributed by atoms with van der Waals surface area (Å²) in [5, 5.41) is 4.79. The number of morpholine rings is 1. The SMILES string of the molecule is O=C(CC1COCCN1)NCC(F)(F)F. The number of nitrogens with one attached hydrogen (secondary N) is 2. The first-order chi connectivity index (χ1) is 6.97. The number of rotatable bonds is 3. The van der Waals surface area contributed by atoms with E-state index < -0.39 is 18.6 Å². The maximum atomic E-state index is 11.7. The summed E-state index contributed by atoms with van der Waals surface area (Å²) in [6, 6.07) is -0.188. The third-order valence-corrected chi connectivity index (χ3v) is 1.92. The Morgan fingerprint density at radius 3 is 2.80 bits per heavy atom. The first kappa shape index (κ1) is 12.3. The minimum atomic E-state index is -4.36. The fourth-order valence-corrected chi connectivity index (χ4v) is 1.25. The van der Waals surface area contributed by atoms with Gasteiger partial charge in [-0.3, -0.25) is 4.79 Å². The van der Waals surface area contributed by atoms with Crippen molar-refractivity contribution < 1.29 is 22.7 Å². The second kappa shape index (κ2) is 5.32. The van der Waals surface area contributed by atoms with Crippen molar-refractivity contribution in [1.29, 1.82) is 0 Å². The molecule has 1 unspecified atom stereocenters. The molecule has 1 saturated heterocycles. The third-order valence-electron chi connectivity index (χ3n) is 1.92. The van der Waals surface area contributed by atoms with Gasteiger partial charge in [-0.05, 0) is 0 Å². The Bertz CT molecular complexity index is 214. The number of amides is 1. The monoisotopic (exact) mass is 226 g/mol. The second-order valence-electron chi connectivity index (χ2n) is 3.32. The number of carbonyl (C=O) groups is 1. The van der Waals surface area contributed by atoms with Crippen LogP contribution in [0.4, 0.5) is 13.2 Å². The summed E-state index contributed by atoms with van der Waals surface area (Å²) < 4.78 is 40.3. The van der Waals surface area contributed by atoms with Crippen molar-refractivity contribution in [3.05, 3.63) is 0 Å². The van der Waals surface area contributed by atoms with Crippen molar-refractivity contribution in [2.45, 2.75) is 18.6 Å². The van der Waals surface area contributed by atoms with Crippen LogP contribution in [0.1, 0.15) is 6.42 Å². The Hall–Kier alpha value is -0.820. The van der Waals surface area contributed by atoms with Gasteiger partial charge in [0.1, 0.15) is 6.54 Å². The van der Waals surface area contributed by atoms with Crippen LogP contribution in [0.15, 0.2) is 0 Å². The van der Waals surface area contributed by atoms with Crippen molar-refractivity contribution in [2.75, 3.05) is 26.3 Å². The molecular weight excluding hydrogens is 213 g/mol. The Kier molecular flexibility index (Phi) is 4.34. The fourth-order valence-electron chi connectivity index (χ4n) is 1.25. The molecule has 0 aromatic heterocycles. The van der Waals surface area contributed by atoms with E-state index in [9.17, 15) is 18.0 Å². The highest BCUT2D eigenvalue weighted by Crippen LogP contribution is 2.12. The Labute approximate surface area is 85.2 Å². The van der Waals surface area contributed by atoms with Gasteiger partial charge in [-0.25, -0.2) is 0 Å². The lowest BCUT2D eigenvalue weighted by atomic mass is 10.2. The van der Waals surface area contributed by atoms with Gasteiger partial charge in [-0.15, -0.1) is 0 Å². The summed E-state index contributed by atoms with van der Waals surface area (Å²) in [6.45, 7) is 0.275. The lowest BCUT2D eigenvalue weighted by Crippen LogP contribution is -2.45. The molecule has 2 N–H and O–H groups in total. The first-order valence-corrected chi connectivity index (χ1v) is 4.62. The molecule has 1 rings (SSSR count). The highest BCUT2D eigenvalue weighted by atomic mass is 19.4. The Morgan fingerprint density at radius 1 is 1.53 bits per heavy atom. The maximum Gasteiger partial charge on any atom is 0.405 e. The lowest BCUT2D eigenvalue weighted by Gasteiger charge is -2.23. The third kappa shape index (κ3) is 5.58. The van der Waals surface area contributed by atoms with Gasteiger partial charge < -0.3 is 15.4 Å². The molecule has 1 aliphatic heterocycles. The van der Waals surface area contributed by atoms with Gasteiger partial charge in [0.15, 0.2) is 0 Å². The van der Waals surface area contributed by atoms with Crippen LogP contribution < -0.4 is 10.6 Å². The maximum absolute atomic E-state index is 11.7. The zero-order valence-electron chi connectivity index (χ0n) is 8.06. The predicted octanol–water partition coefficient (Wildman–Crippen LogP) is 0.0434. The molecule has 7 heteroatoms. The fraction of sp³-hybridized carbons (Fsp3) is 0.875. The summed E-state index contributed by atoms with van der Waals surface area (Å²) >= 11 is 0. The normalized spacial score (nSPS) is 22.5. The molecule has 1 aliphatic rings. The Balaban J connectivity index is 2.17. The number of ether oxygens (including phenoxy) is 1. The van der Waals surface area contributed by atoms with Crippen molar-refractivity contribution in [3.63, 3.8) is 0 Å². The molecule has 1 amide bonds. The molecule has 4 nitrogen and oxygen atoms in total. The molecule has 0 saturated carbocycles. The van der Waals surface area contributed by atoms with Crippen LogP contribution in [-0.4, -0.2) is 44.4 Å². The van der Waals surface area contributed by atoms with Gasteiger partial charge in [0.25, 0.3) is 0 Å². The molecule has 15 heavy (non-hydrogen) atoms. The topological polar surface area (TPSA) is 50.4 Å². The van der Waals surface area contributed by atoms with E-state index in [-0.39, 0.29) is 12.5 Å². The van der Waals surface area contributed by atoms with E-state index in [4.69, 9.17) is 4.74 Å². The highest BCUT2D eigenvalue weighted by Gasteiger charge is 2.28. The first-order valence-electron chi connectivity index (χ1n) is 4.62. The zero-order chi connectivity index (χ0) is 11.3. The quantitative estimate of drug-likeness (QED) is 0.714. The number of halogens is 3. The summed E-state index contributed by atoms with van der Waals surface area (Å²) in [4.78, 5) is 11.1. The van der Waals surface area contributed by atoms with Gasteiger partial charge in [0.05, 0.1) is 13.2 Å². The molecule has 0 aromatic carbocycles. The summed E-state index contributed by atoms with van der Waals surface area (Å²) in [6.07, 6.45) is -4.35. The molecular formula is C8H13F3N2O2. The number of alkyl halides is 3. The van der Waals surface area contributed by atoms with Crippen molar-refractivity contribution in [2.24, 2.45) is 0 Å². The van der Waals surface area contributed by atoms with E-state index in [0.29, 0.717) is 19.8 Å². The second-order valence-corrected chi connectivity index (χ2v) is 3.32. The Morgan fingerprint density at radius 2 is 2.27 bits per heavy atom. The van der Waals surface area contributed by atoms with Gasteiger partial charge in [0, 0.05) is 19.0 Å². The predicted molar refractivity (Wildman–Crippen MR) is 46.3 cm³/mol. The molecule has 0 spiro atoms. The largest absolute Gasteiger partial charge is 0.405 e. The highest BCUT2D eigenvalue weighted by molar-refractivity contribution is 5.76. The van der Waals surface area contributed by atoms with Gasteiger partial charge in [-0.1, -0.05) is 0 Å². The van der Waals surface area contributed by atoms with E-state index in [1.807, 2.05) is 5.32 Å². The van der Waals surface area contributed by atoms with Crippen LogP contribution >= 0.6 is 0 Å². The van der Waals surface area contributed by atoms with Gasteiger partial charge in [0.2, 0.25) is 5.91 Å². The van der Waals surface area contributed by atoms with Crippen molar-refractivity contribution >= 4 is 5.91 Å². The number of carbonyl (C=O) groups excluding carboxylic acids is 1. The molecule has 88 valence electrons. The molecule has 0 aliphatic carbocycles. The van der Waals surface area contributed by atoms with E-state index in [2.05, 4.69) is 5.32 Å². The van der Waals surface area contributed by atoms with Crippen molar-refractivity contribution in [1.82, 2.24) is 10.6 Å². The average Bonchev–Trinajstić information content (AvgIpc) is 2.15. The van der Waals surface area contributed by atoms with E-state index in [1.54, 1.807) is 0 Å². The summed E-state index contributed by atoms with van der Waals surface area (Å²) in [5.74, 6) is -0.615. The number of hydrogen-bond donors (Lipinski definition) is 2. The van der Waals surface area contributed by atoms with Gasteiger partial charge in [-0.2, -0.15) is 13.2 Å². The standard InChI is InChI=1S/C8H13F3N2O2/c9-8(10,11)5-13-7(14)3-6-4-15-2-1-12-6/h6,12H,1-5H2,(H,13,14). The molecule has 0 aromatic rings. The molecule has 0 bridgehead atoms. The molecule has 0 radical (unpaired) electrons. The molecule has 1 atom stereocenters. The van der Waals surface area contributed by atoms with Crippen LogP contribution in [0, 0.1) is 0 Å². The van der Waals surface area contributed by atoms with Crippen LogP contribution in [0.5, 0.6) is 0 Å². The summed E-state index contributed by atoms with van der Waals surface area (Å²) in [7, 11) is 0. The minimum absolute atomic E-state index is 0.01000. The van der Waals surface area contributed by atoms with Crippen LogP contribution in [-0.2, 0) is 9.53 Å². The van der Waals surface area contributed by atoms with Gasteiger partial charge >= 0.3 is 6.18 Å². The van der Waals surface area contributed by atoms with E-state index >= 15 is 0 Å². The number of hydrogen-bond acceptors (Lipinski definition) is 3. The minimum Gasteiger partial charge on any atom is -0.378 e. The average molecular weight is 226 g/mol. The van der Waals surface area contributed by atoms with E-state index in [1.165, 1.54) is 0 Å². The smallest absolute Gasteiger partial charge is 0.378 e. The van der Waals surface area contributed by atoms with Crippen LogP contribution in [0.25, 0.3) is 0 Å². The van der Waals surface area contributed by atoms with Crippen LogP contribution in [0.3, 0.4) is 0 Å². The zero-order valence-corrected chi connectivity index (χ0v) is 8.06. The van der Waals surface area contributed by atoms with Crippen molar-refractivity contribution in [3.8, 4) is 0 Å². The lowest BCUT2D eigenvalue weighted by molar-refractivity contribution is -0.139. The van der Waals surface area contributed by atoms with E-state index in [0.717, 1.165) is 0 Å². The summed E-state index contributed by atoms with van der Waals surface area (Å²) in [5.41, 5.74) is 0. The molecule has 1 heterocycles.